The number of aliphatic imine (C=N–C) groups is 1. The Balaban J connectivity index is 1.92. The molecule has 0 amide bonds. The van der Waals surface area contributed by atoms with Crippen LogP contribution in [-0.4, -0.2) is 29.9 Å². The van der Waals surface area contributed by atoms with Gasteiger partial charge in [0.05, 0.1) is 11.7 Å². The molecule has 0 radical (unpaired) electrons. The van der Waals surface area contributed by atoms with Gasteiger partial charge in [0.15, 0.2) is 0 Å². The average Bonchev–Trinajstić information content (AvgIpc) is 2.71. The van der Waals surface area contributed by atoms with Crippen molar-refractivity contribution in [3.05, 3.63) is 65.2 Å². The summed E-state index contributed by atoms with van der Waals surface area (Å²) in [5, 5.41) is 7.51. The van der Waals surface area contributed by atoms with E-state index in [1.54, 1.807) is 0 Å². The van der Waals surface area contributed by atoms with Gasteiger partial charge in [-0.1, -0.05) is 44.2 Å². The van der Waals surface area contributed by atoms with Crippen molar-refractivity contribution in [1.82, 2.24) is 15.5 Å². The van der Waals surface area contributed by atoms with Crippen LogP contribution in [0.5, 0.6) is 0 Å². The van der Waals surface area contributed by atoms with E-state index in [-0.39, 0.29) is 0 Å². The van der Waals surface area contributed by atoms with Gasteiger partial charge in [-0.15, -0.1) is 0 Å². The minimum atomic E-state index is 0.302. The van der Waals surface area contributed by atoms with E-state index in [1.165, 1.54) is 17.6 Å². The molecule has 0 saturated carbocycles. The van der Waals surface area contributed by atoms with Gasteiger partial charge in [-0.3, -0.25) is 4.99 Å². The van der Waals surface area contributed by atoms with Crippen LogP contribution in [-0.2, 0) is 0 Å². The van der Waals surface area contributed by atoms with Gasteiger partial charge < -0.3 is 15.5 Å². The highest BCUT2D eigenvalue weighted by atomic mass is 35.5. The fourth-order valence-electron chi connectivity index (χ4n) is 3.56. The van der Waals surface area contributed by atoms with E-state index in [9.17, 15) is 0 Å². The number of amidine groups is 1. The van der Waals surface area contributed by atoms with E-state index in [4.69, 9.17) is 16.6 Å². The molecule has 4 nitrogen and oxygen atoms in total. The van der Waals surface area contributed by atoms with Gasteiger partial charge in [0, 0.05) is 29.7 Å². The normalized spacial score (nSPS) is 23.4. The summed E-state index contributed by atoms with van der Waals surface area (Å²) in [4.78, 5) is 7.08. The first-order chi connectivity index (χ1) is 13.5. The van der Waals surface area contributed by atoms with E-state index < -0.39 is 0 Å². The molecule has 2 N–H and O–H groups in total. The third-order valence-electron chi connectivity index (χ3n) is 5.53. The number of nitrogens with one attached hydrogen (secondary N) is 2. The summed E-state index contributed by atoms with van der Waals surface area (Å²) in [7, 11) is 0. The molecule has 1 fully saturated rings. The van der Waals surface area contributed by atoms with Crippen LogP contribution in [0.3, 0.4) is 0 Å². The van der Waals surface area contributed by atoms with E-state index in [0.717, 1.165) is 48.2 Å². The van der Waals surface area contributed by atoms with Gasteiger partial charge in [-0.2, -0.15) is 0 Å². The molecule has 0 aromatic heterocycles. The van der Waals surface area contributed by atoms with Crippen LogP contribution in [0.2, 0.25) is 5.02 Å². The number of hydrogen-bond donors (Lipinski definition) is 2. The van der Waals surface area contributed by atoms with Crippen molar-refractivity contribution >= 4 is 23.0 Å². The SMILES string of the molecule is C=C1C(=NC2CCCNC2)NC=C(C)N1C=C(c1ccc(Cl)cc1)C(C)CC. The molecule has 0 aliphatic carbocycles. The van der Waals surface area contributed by atoms with Crippen LogP contribution in [0, 0.1) is 5.92 Å². The minimum absolute atomic E-state index is 0.302. The molecule has 2 atom stereocenters. The Morgan fingerprint density at radius 2 is 2.14 bits per heavy atom. The summed E-state index contributed by atoms with van der Waals surface area (Å²) in [5.74, 6) is 1.27. The predicted molar refractivity (Wildman–Crippen MR) is 120 cm³/mol. The maximum Gasteiger partial charge on any atom is 0.149 e. The molecule has 1 saturated heterocycles. The Morgan fingerprint density at radius 3 is 2.79 bits per heavy atom. The highest BCUT2D eigenvalue weighted by Gasteiger charge is 2.22. The molecule has 150 valence electrons. The molecule has 3 rings (SSSR count). The van der Waals surface area contributed by atoms with Crippen molar-refractivity contribution in [2.24, 2.45) is 10.9 Å². The Kier molecular flexibility index (Phi) is 6.97. The van der Waals surface area contributed by atoms with Crippen LogP contribution < -0.4 is 10.6 Å². The van der Waals surface area contributed by atoms with E-state index in [2.05, 4.69) is 61.2 Å². The summed E-state index contributed by atoms with van der Waals surface area (Å²) < 4.78 is 0. The lowest BCUT2D eigenvalue weighted by atomic mass is 9.92. The van der Waals surface area contributed by atoms with E-state index >= 15 is 0 Å². The zero-order chi connectivity index (χ0) is 20.1. The number of piperidine rings is 1. The number of benzene rings is 1. The Hall–Kier alpha value is -2.04. The van der Waals surface area contributed by atoms with Crippen molar-refractivity contribution in [3.63, 3.8) is 0 Å². The van der Waals surface area contributed by atoms with Crippen molar-refractivity contribution < 1.29 is 0 Å². The summed E-state index contributed by atoms with van der Waals surface area (Å²) in [6, 6.07) is 8.38. The molecule has 2 heterocycles. The number of allylic oxidation sites excluding steroid dienone is 2. The topological polar surface area (TPSA) is 39.7 Å². The molecular formula is C23H31ClN4. The van der Waals surface area contributed by atoms with Crippen LogP contribution >= 0.6 is 11.6 Å². The van der Waals surface area contributed by atoms with Crippen LogP contribution in [0.15, 0.2) is 59.6 Å². The lowest BCUT2D eigenvalue weighted by Gasteiger charge is -2.32. The lowest BCUT2D eigenvalue weighted by molar-refractivity contribution is 0.458. The van der Waals surface area contributed by atoms with E-state index in [0.29, 0.717) is 12.0 Å². The summed E-state index contributed by atoms with van der Waals surface area (Å²) in [5.41, 5.74) is 4.45. The number of rotatable bonds is 5. The lowest BCUT2D eigenvalue weighted by Crippen LogP contribution is -2.38. The zero-order valence-corrected chi connectivity index (χ0v) is 17.9. The smallest absolute Gasteiger partial charge is 0.149 e. The van der Waals surface area contributed by atoms with Gasteiger partial charge in [-0.25, -0.2) is 0 Å². The number of nitrogens with zero attached hydrogens (tertiary/aromatic N) is 2. The monoisotopic (exact) mass is 398 g/mol. The van der Waals surface area contributed by atoms with Crippen molar-refractivity contribution in [2.45, 2.75) is 46.1 Å². The van der Waals surface area contributed by atoms with Gasteiger partial charge >= 0.3 is 0 Å². The molecule has 5 heteroatoms. The van der Waals surface area contributed by atoms with Gasteiger partial charge in [0.1, 0.15) is 5.84 Å². The summed E-state index contributed by atoms with van der Waals surface area (Å²) >= 11 is 6.10. The molecular weight excluding hydrogens is 368 g/mol. The van der Waals surface area contributed by atoms with Crippen molar-refractivity contribution in [1.29, 1.82) is 0 Å². The second kappa shape index (κ2) is 9.44. The first-order valence-electron chi connectivity index (χ1n) is 10.2. The third-order valence-corrected chi connectivity index (χ3v) is 5.79. The van der Waals surface area contributed by atoms with Gasteiger partial charge in [-0.05, 0) is 61.9 Å². The summed E-state index contributed by atoms with van der Waals surface area (Å²) in [6.45, 7) is 12.9. The number of hydrogen-bond acceptors (Lipinski definition) is 3. The molecule has 1 aromatic carbocycles. The quantitative estimate of drug-likeness (QED) is 0.719. The van der Waals surface area contributed by atoms with E-state index in [1.807, 2.05) is 18.3 Å². The molecule has 28 heavy (non-hydrogen) atoms. The van der Waals surface area contributed by atoms with Crippen molar-refractivity contribution in [2.75, 3.05) is 13.1 Å². The average molecular weight is 399 g/mol. The highest BCUT2D eigenvalue weighted by Crippen LogP contribution is 2.30. The predicted octanol–water partition coefficient (Wildman–Crippen LogP) is 5.16. The Morgan fingerprint density at radius 1 is 1.39 bits per heavy atom. The third kappa shape index (κ3) is 4.86. The van der Waals surface area contributed by atoms with Gasteiger partial charge in [0.25, 0.3) is 0 Å². The van der Waals surface area contributed by atoms with Crippen LogP contribution in [0.4, 0.5) is 0 Å². The maximum absolute atomic E-state index is 6.10. The fraction of sp³-hybridized carbons (Fsp3) is 0.435. The maximum atomic E-state index is 6.10. The molecule has 2 aliphatic rings. The second-order valence-electron chi connectivity index (χ2n) is 7.63. The first-order valence-corrected chi connectivity index (χ1v) is 10.6. The van der Waals surface area contributed by atoms with Crippen LogP contribution in [0.25, 0.3) is 5.57 Å². The Bertz CT molecular complexity index is 785. The first kappa shape index (κ1) is 20.7. The highest BCUT2D eigenvalue weighted by molar-refractivity contribution is 6.30. The van der Waals surface area contributed by atoms with Gasteiger partial charge in [0.2, 0.25) is 0 Å². The van der Waals surface area contributed by atoms with Crippen molar-refractivity contribution in [3.8, 4) is 0 Å². The van der Waals surface area contributed by atoms with Crippen LogP contribution in [0.1, 0.15) is 45.6 Å². The second-order valence-corrected chi connectivity index (χ2v) is 8.06. The largest absolute Gasteiger partial charge is 0.343 e. The standard InChI is InChI=1S/C23H31ClN4/c1-5-16(2)22(19-8-10-20(24)11-9-19)15-28-17(3)13-26-23(18(28)4)27-21-7-6-12-25-14-21/h8-11,13,15-16,21,25H,4-7,12,14H2,1-3H3,(H,26,27). The molecule has 1 aromatic rings. The molecule has 2 aliphatic heterocycles. The molecule has 0 spiro atoms. The fourth-order valence-corrected chi connectivity index (χ4v) is 3.68. The minimum Gasteiger partial charge on any atom is -0.343 e. The molecule has 2 unspecified atom stereocenters. The zero-order valence-electron chi connectivity index (χ0n) is 17.1. The molecule has 0 bridgehead atoms. The summed E-state index contributed by atoms with van der Waals surface area (Å²) in [6.07, 6.45) is 7.57. The Labute approximate surface area is 174 Å². The number of halogens is 1.